The van der Waals surface area contributed by atoms with Crippen molar-refractivity contribution in [2.45, 2.75) is 37.3 Å². The number of carboxylic acids is 1. The van der Waals surface area contributed by atoms with Crippen molar-refractivity contribution < 1.29 is 19.4 Å². The van der Waals surface area contributed by atoms with E-state index in [1.165, 1.54) is 0 Å². The minimum Gasteiger partial charge on any atom is -0.480 e. The SMILES string of the molecule is COCCOC1CCC(N)(C(=O)O)CC1. The van der Waals surface area contributed by atoms with Gasteiger partial charge in [-0.1, -0.05) is 0 Å². The quantitative estimate of drug-likeness (QED) is 0.650. The number of carbonyl (C=O) groups is 1. The number of hydrogen-bond donors (Lipinski definition) is 2. The first-order valence-electron chi connectivity index (χ1n) is 5.21. The molecule has 0 radical (unpaired) electrons. The molecule has 0 spiro atoms. The zero-order valence-electron chi connectivity index (χ0n) is 9.07. The highest BCUT2D eigenvalue weighted by Crippen LogP contribution is 2.28. The Hall–Kier alpha value is -0.650. The molecule has 15 heavy (non-hydrogen) atoms. The Morgan fingerprint density at radius 3 is 2.53 bits per heavy atom. The number of hydrogen-bond acceptors (Lipinski definition) is 4. The van der Waals surface area contributed by atoms with Crippen molar-refractivity contribution in [2.24, 2.45) is 5.73 Å². The Morgan fingerprint density at radius 1 is 1.47 bits per heavy atom. The van der Waals surface area contributed by atoms with Gasteiger partial charge in [0, 0.05) is 7.11 Å². The standard InChI is InChI=1S/C10H19NO4/c1-14-6-7-15-8-2-4-10(11,5-3-8)9(12)13/h8H,2-7,11H2,1H3,(H,12,13). The minimum atomic E-state index is -1.04. The van der Waals surface area contributed by atoms with Crippen LogP contribution >= 0.6 is 0 Å². The Bertz CT molecular complexity index is 211. The third-order valence-electron chi connectivity index (χ3n) is 2.89. The lowest BCUT2D eigenvalue weighted by atomic mass is 9.81. The molecule has 5 nitrogen and oxygen atoms in total. The van der Waals surface area contributed by atoms with E-state index in [2.05, 4.69) is 0 Å². The number of methoxy groups -OCH3 is 1. The van der Waals surface area contributed by atoms with Crippen LogP contribution in [0.4, 0.5) is 0 Å². The molecule has 0 unspecified atom stereocenters. The molecule has 0 aliphatic heterocycles. The first kappa shape index (κ1) is 12.4. The number of rotatable bonds is 5. The van der Waals surface area contributed by atoms with E-state index in [-0.39, 0.29) is 6.10 Å². The van der Waals surface area contributed by atoms with Gasteiger partial charge in [0.25, 0.3) is 0 Å². The Balaban J connectivity index is 2.26. The van der Waals surface area contributed by atoms with Gasteiger partial charge in [0.15, 0.2) is 0 Å². The van der Waals surface area contributed by atoms with Gasteiger partial charge < -0.3 is 20.3 Å². The lowest BCUT2D eigenvalue weighted by Gasteiger charge is -2.33. The van der Waals surface area contributed by atoms with E-state index < -0.39 is 11.5 Å². The summed E-state index contributed by atoms with van der Waals surface area (Å²) in [5.41, 5.74) is 4.70. The molecule has 5 heteroatoms. The molecule has 1 rings (SSSR count). The summed E-state index contributed by atoms with van der Waals surface area (Å²) in [4.78, 5) is 10.9. The van der Waals surface area contributed by atoms with Gasteiger partial charge in [-0.3, -0.25) is 4.79 Å². The van der Waals surface area contributed by atoms with Crippen LogP contribution in [0.15, 0.2) is 0 Å². The molecule has 1 aliphatic rings. The van der Waals surface area contributed by atoms with Gasteiger partial charge in [-0.2, -0.15) is 0 Å². The molecule has 1 fully saturated rings. The fourth-order valence-electron chi connectivity index (χ4n) is 1.79. The summed E-state index contributed by atoms with van der Waals surface area (Å²) in [6, 6.07) is 0. The highest BCUT2D eigenvalue weighted by Gasteiger charge is 2.38. The molecule has 0 aromatic rings. The van der Waals surface area contributed by atoms with Crippen LogP contribution in [0.1, 0.15) is 25.7 Å². The molecule has 1 aliphatic carbocycles. The van der Waals surface area contributed by atoms with Crippen molar-refractivity contribution >= 4 is 5.97 Å². The van der Waals surface area contributed by atoms with Crippen molar-refractivity contribution in [1.29, 1.82) is 0 Å². The van der Waals surface area contributed by atoms with Gasteiger partial charge in [0.05, 0.1) is 19.3 Å². The smallest absolute Gasteiger partial charge is 0.323 e. The predicted molar refractivity (Wildman–Crippen MR) is 54.6 cm³/mol. The summed E-state index contributed by atoms with van der Waals surface area (Å²) < 4.78 is 10.4. The molecule has 0 heterocycles. The van der Waals surface area contributed by atoms with Gasteiger partial charge in [0.2, 0.25) is 0 Å². The van der Waals surface area contributed by atoms with Gasteiger partial charge >= 0.3 is 5.97 Å². The molecule has 0 aromatic heterocycles. The number of ether oxygens (including phenoxy) is 2. The van der Waals surface area contributed by atoms with Gasteiger partial charge in [-0.05, 0) is 25.7 Å². The van der Waals surface area contributed by atoms with E-state index in [1.807, 2.05) is 0 Å². The van der Waals surface area contributed by atoms with Crippen LogP contribution in [-0.2, 0) is 14.3 Å². The van der Waals surface area contributed by atoms with E-state index in [9.17, 15) is 4.79 Å². The van der Waals surface area contributed by atoms with E-state index in [4.69, 9.17) is 20.3 Å². The average Bonchev–Trinajstić information content (AvgIpc) is 2.21. The fourth-order valence-corrected chi connectivity index (χ4v) is 1.79. The maximum Gasteiger partial charge on any atom is 0.323 e. The normalized spacial score (nSPS) is 31.5. The van der Waals surface area contributed by atoms with Gasteiger partial charge in [-0.25, -0.2) is 0 Å². The van der Waals surface area contributed by atoms with E-state index >= 15 is 0 Å². The number of carboxylic acid groups (broad SMARTS) is 1. The second-order valence-electron chi connectivity index (χ2n) is 4.02. The molecule has 0 amide bonds. The van der Waals surface area contributed by atoms with E-state index in [0.29, 0.717) is 38.9 Å². The molecular weight excluding hydrogens is 198 g/mol. The maximum absolute atomic E-state index is 10.9. The maximum atomic E-state index is 10.9. The van der Waals surface area contributed by atoms with Crippen LogP contribution in [0, 0.1) is 0 Å². The molecular formula is C10H19NO4. The Labute approximate surface area is 89.5 Å². The average molecular weight is 217 g/mol. The van der Waals surface area contributed by atoms with Crippen molar-refractivity contribution in [2.75, 3.05) is 20.3 Å². The first-order chi connectivity index (χ1) is 7.08. The topological polar surface area (TPSA) is 81.8 Å². The van der Waals surface area contributed by atoms with Crippen LogP contribution in [0.5, 0.6) is 0 Å². The zero-order chi connectivity index (χ0) is 11.3. The lowest BCUT2D eigenvalue weighted by Crippen LogP contribution is -2.51. The van der Waals surface area contributed by atoms with Gasteiger partial charge in [0.1, 0.15) is 5.54 Å². The van der Waals surface area contributed by atoms with Crippen molar-refractivity contribution in [3.63, 3.8) is 0 Å². The molecule has 0 bridgehead atoms. The monoisotopic (exact) mass is 217 g/mol. The van der Waals surface area contributed by atoms with Crippen LogP contribution in [-0.4, -0.2) is 43.0 Å². The molecule has 0 saturated heterocycles. The highest BCUT2D eigenvalue weighted by atomic mass is 16.5. The second-order valence-corrected chi connectivity index (χ2v) is 4.02. The Morgan fingerprint density at radius 2 is 2.07 bits per heavy atom. The van der Waals surface area contributed by atoms with Crippen LogP contribution in [0.25, 0.3) is 0 Å². The summed E-state index contributed by atoms with van der Waals surface area (Å²) in [6.45, 7) is 1.13. The van der Waals surface area contributed by atoms with Gasteiger partial charge in [-0.15, -0.1) is 0 Å². The van der Waals surface area contributed by atoms with Crippen LogP contribution in [0.3, 0.4) is 0 Å². The fraction of sp³-hybridized carbons (Fsp3) is 0.900. The summed E-state index contributed by atoms with van der Waals surface area (Å²) in [5, 5.41) is 8.91. The van der Waals surface area contributed by atoms with Crippen molar-refractivity contribution in [3.05, 3.63) is 0 Å². The second kappa shape index (κ2) is 5.44. The highest BCUT2D eigenvalue weighted by molar-refractivity contribution is 5.78. The Kier molecular flexibility index (Phi) is 4.50. The summed E-state index contributed by atoms with van der Waals surface area (Å²) in [7, 11) is 1.62. The molecule has 88 valence electrons. The third kappa shape index (κ3) is 3.44. The minimum absolute atomic E-state index is 0.135. The van der Waals surface area contributed by atoms with Crippen LogP contribution < -0.4 is 5.73 Å². The van der Waals surface area contributed by atoms with E-state index in [1.54, 1.807) is 7.11 Å². The number of nitrogens with two attached hydrogens (primary N) is 1. The first-order valence-corrected chi connectivity index (χ1v) is 5.21. The lowest BCUT2D eigenvalue weighted by molar-refractivity contribution is -0.145. The largest absolute Gasteiger partial charge is 0.480 e. The van der Waals surface area contributed by atoms with Crippen molar-refractivity contribution in [1.82, 2.24) is 0 Å². The van der Waals surface area contributed by atoms with Crippen molar-refractivity contribution in [3.8, 4) is 0 Å². The van der Waals surface area contributed by atoms with E-state index in [0.717, 1.165) is 0 Å². The zero-order valence-corrected chi connectivity index (χ0v) is 9.07. The molecule has 0 aromatic carbocycles. The molecule has 3 N–H and O–H groups in total. The molecule has 0 atom stereocenters. The predicted octanol–water partition coefficient (Wildman–Crippen LogP) is 0.374. The summed E-state index contributed by atoms with van der Waals surface area (Å²) in [5.74, 6) is -0.905. The third-order valence-corrected chi connectivity index (χ3v) is 2.89. The number of aliphatic carboxylic acids is 1. The summed E-state index contributed by atoms with van der Waals surface area (Å²) >= 11 is 0. The summed E-state index contributed by atoms with van der Waals surface area (Å²) in [6.07, 6.45) is 2.54. The molecule has 1 saturated carbocycles. The van der Waals surface area contributed by atoms with Crippen LogP contribution in [0.2, 0.25) is 0 Å².